The highest BCUT2D eigenvalue weighted by molar-refractivity contribution is 6.16. The molecule has 0 bridgehead atoms. The highest BCUT2D eigenvalue weighted by Crippen LogP contribution is 2.23. The normalized spacial score (nSPS) is 11.7. The van der Waals surface area contributed by atoms with Crippen LogP contribution in [0.5, 0.6) is 0 Å². The molecular weight excluding hydrogens is 258 g/mol. The lowest BCUT2D eigenvalue weighted by atomic mass is 10.1. The average molecular weight is 273 g/mol. The van der Waals surface area contributed by atoms with Crippen LogP contribution >= 0.6 is 11.6 Å². The summed E-state index contributed by atoms with van der Waals surface area (Å²) in [6, 6.07) is 2.15. The molecule has 0 fully saturated rings. The van der Waals surface area contributed by atoms with E-state index in [0.717, 1.165) is 12.5 Å². The summed E-state index contributed by atoms with van der Waals surface area (Å²) in [5, 5.41) is 0. The van der Waals surface area contributed by atoms with Crippen LogP contribution in [0, 0.1) is 17.6 Å². The highest BCUT2D eigenvalue weighted by atomic mass is 35.5. The van der Waals surface area contributed by atoms with Gasteiger partial charge in [-0.2, -0.15) is 0 Å². The molecule has 2 rings (SSSR count). The number of imidazole rings is 1. The molecule has 2 aromatic rings. The highest BCUT2D eigenvalue weighted by Gasteiger charge is 2.15. The minimum atomic E-state index is -0.639. The number of rotatable bonds is 4. The standard InChI is InChI=1S/C13H15ClF2N2/c1-8(2)3-4-18-11-6-9(15)5-10(16)13(11)17-12(18)7-14/h5-6,8H,3-4,7H2,1-2H3. The maximum absolute atomic E-state index is 13.6. The summed E-state index contributed by atoms with van der Waals surface area (Å²) in [5.74, 6) is 0.0423. The second-order valence-electron chi connectivity index (χ2n) is 4.75. The van der Waals surface area contributed by atoms with Gasteiger partial charge in [0.25, 0.3) is 0 Å². The number of benzene rings is 1. The van der Waals surface area contributed by atoms with E-state index in [2.05, 4.69) is 18.8 Å². The monoisotopic (exact) mass is 272 g/mol. The van der Waals surface area contributed by atoms with E-state index < -0.39 is 11.6 Å². The summed E-state index contributed by atoms with van der Waals surface area (Å²) >= 11 is 5.81. The SMILES string of the molecule is CC(C)CCn1c(CCl)nc2c(F)cc(F)cc21. The van der Waals surface area contributed by atoms with Gasteiger partial charge < -0.3 is 4.57 Å². The minimum absolute atomic E-state index is 0.188. The van der Waals surface area contributed by atoms with Crippen molar-refractivity contribution in [3.8, 4) is 0 Å². The van der Waals surface area contributed by atoms with E-state index in [1.165, 1.54) is 6.07 Å². The maximum Gasteiger partial charge on any atom is 0.153 e. The summed E-state index contributed by atoms with van der Waals surface area (Å²) in [5.41, 5.74) is 0.666. The summed E-state index contributed by atoms with van der Waals surface area (Å²) in [7, 11) is 0. The Balaban J connectivity index is 2.54. The molecule has 98 valence electrons. The number of fused-ring (bicyclic) bond motifs is 1. The lowest BCUT2D eigenvalue weighted by Gasteiger charge is -2.09. The molecule has 1 aromatic heterocycles. The van der Waals surface area contributed by atoms with Gasteiger partial charge in [0.15, 0.2) is 5.82 Å². The molecule has 0 aliphatic heterocycles. The van der Waals surface area contributed by atoms with Crippen LogP contribution in [-0.2, 0) is 12.4 Å². The van der Waals surface area contributed by atoms with Gasteiger partial charge in [0.2, 0.25) is 0 Å². The lowest BCUT2D eigenvalue weighted by molar-refractivity contribution is 0.515. The second kappa shape index (κ2) is 5.22. The number of aryl methyl sites for hydroxylation is 1. The third-order valence-corrected chi connectivity index (χ3v) is 3.14. The van der Waals surface area contributed by atoms with Crippen molar-refractivity contribution in [2.75, 3.05) is 0 Å². The molecule has 0 aliphatic carbocycles. The summed E-state index contributed by atoms with van der Waals surface area (Å²) in [6.07, 6.45) is 0.910. The summed E-state index contributed by atoms with van der Waals surface area (Å²) in [4.78, 5) is 4.14. The van der Waals surface area contributed by atoms with Crippen molar-refractivity contribution >= 4 is 22.6 Å². The zero-order valence-electron chi connectivity index (χ0n) is 10.4. The van der Waals surface area contributed by atoms with Crippen LogP contribution in [0.25, 0.3) is 11.0 Å². The maximum atomic E-state index is 13.6. The lowest BCUT2D eigenvalue weighted by Crippen LogP contribution is -2.05. The Morgan fingerprint density at radius 3 is 2.67 bits per heavy atom. The Hall–Kier alpha value is -1.16. The second-order valence-corrected chi connectivity index (χ2v) is 5.02. The van der Waals surface area contributed by atoms with E-state index in [9.17, 15) is 8.78 Å². The van der Waals surface area contributed by atoms with Gasteiger partial charge >= 0.3 is 0 Å². The Bertz CT molecular complexity index is 564. The largest absolute Gasteiger partial charge is 0.327 e. The van der Waals surface area contributed by atoms with Crippen molar-refractivity contribution in [1.82, 2.24) is 9.55 Å². The molecule has 0 N–H and O–H groups in total. The van der Waals surface area contributed by atoms with Gasteiger partial charge in [0.05, 0.1) is 11.4 Å². The fourth-order valence-electron chi connectivity index (χ4n) is 1.94. The first kappa shape index (κ1) is 13.3. The van der Waals surface area contributed by atoms with E-state index in [-0.39, 0.29) is 11.4 Å². The molecule has 2 nitrogen and oxygen atoms in total. The van der Waals surface area contributed by atoms with Gasteiger partial charge in [-0.3, -0.25) is 0 Å². The van der Waals surface area contributed by atoms with E-state index in [0.29, 0.717) is 23.8 Å². The number of nitrogens with zero attached hydrogens (tertiary/aromatic N) is 2. The van der Waals surface area contributed by atoms with Crippen molar-refractivity contribution < 1.29 is 8.78 Å². The number of alkyl halides is 1. The quantitative estimate of drug-likeness (QED) is 0.766. The Morgan fingerprint density at radius 1 is 1.33 bits per heavy atom. The van der Waals surface area contributed by atoms with Gasteiger partial charge in [-0.05, 0) is 18.4 Å². The zero-order valence-corrected chi connectivity index (χ0v) is 11.1. The van der Waals surface area contributed by atoms with Gasteiger partial charge in [-0.15, -0.1) is 11.6 Å². The molecule has 5 heteroatoms. The number of halogens is 3. The Kier molecular flexibility index (Phi) is 3.85. The van der Waals surface area contributed by atoms with Gasteiger partial charge in [0, 0.05) is 12.6 Å². The van der Waals surface area contributed by atoms with Crippen molar-refractivity contribution in [2.24, 2.45) is 5.92 Å². The molecule has 1 aromatic carbocycles. The van der Waals surface area contributed by atoms with Crippen LogP contribution in [0.3, 0.4) is 0 Å². The molecule has 0 amide bonds. The first-order chi connectivity index (χ1) is 8.52. The van der Waals surface area contributed by atoms with Crippen molar-refractivity contribution in [2.45, 2.75) is 32.7 Å². The van der Waals surface area contributed by atoms with Crippen molar-refractivity contribution in [3.05, 3.63) is 29.6 Å². The van der Waals surface area contributed by atoms with Gasteiger partial charge in [-0.1, -0.05) is 13.8 Å². The molecule has 0 atom stereocenters. The fourth-order valence-corrected chi connectivity index (χ4v) is 2.14. The molecule has 0 radical (unpaired) electrons. The number of hydrogen-bond donors (Lipinski definition) is 0. The first-order valence-electron chi connectivity index (χ1n) is 5.93. The average Bonchev–Trinajstić information content (AvgIpc) is 2.64. The predicted octanol–water partition coefficient (Wildman–Crippen LogP) is 4.10. The van der Waals surface area contributed by atoms with Gasteiger partial charge in [0.1, 0.15) is 17.2 Å². The predicted molar refractivity (Wildman–Crippen MR) is 68.7 cm³/mol. The minimum Gasteiger partial charge on any atom is -0.327 e. The van der Waals surface area contributed by atoms with Crippen LogP contribution in [0.2, 0.25) is 0 Å². The fraction of sp³-hybridized carbons (Fsp3) is 0.462. The summed E-state index contributed by atoms with van der Waals surface area (Å²) in [6.45, 7) is 4.86. The zero-order chi connectivity index (χ0) is 13.3. The van der Waals surface area contributed by atoms with Crippen LogP contribution < -0.4 is 0 Å². The molecule has 0 aliphatic rings. The van der Waals surface area contributed by atoms with Crippen LogP contribution in [0.1, 0.15) is 26.1 Å². The molecule has 1 heterocycles. The van der Waals surface area contributed by atoms with E-state index in [4.69, 9.17) is 11.6 Å². The van der Waals surface area contributed by atoms with Gasteiger partial charge in [-0.25, -0.2) is 13.8 Å². The molecule has 18 heavy (non-hydrogen) atoms. The molecule has 0 saturated carbocycles. The van der Waals surface area contributed by atoms with Crippen molar-refractivity contribution in [1.29, 1.82) is 0 Å². The van der Waals surface area contributed by atoms with E-state index in [1.54, 1.807) is 4.57 Å². The third-order valence-electron chi connectivity index (χ3n) is 2.90. The van der Waals surface area contributed by atoms with Crippen LogP contribution in [0.4, 0.5) is 8.78 Å². The van der Waals surface area contributed by atoms with Crippen LogP contribution in [0.15, 0.2) is 12.1 Å². The Morgan fingerprint density at radius 2 is 2.06 bits per heavy atom. The van der Waals surface area contributed by atoms with E-state index in [1.807, 2.05) is 0 Å². The first-order valence-corrected chi connectivity index (χ1v) is 6.46. The number of aromatic nitrogens is 2. The Labute approximate surface area is 110 Å². The molecule has 0 spiro atoms. The van der Waals surface area contributed by atoms with Crippen LogP contribution in [-0.4, -0.2) is 9.55 Å². The molecule has 0 saturated heterocycles. The smallest absolute Gasteiger partial charge is 0.153 e. The topological polar surface area (TPSA) is 17.8 Å². The van der Waals surface area contributed by atoms with Crippen molar-refractivity contribution in [3.63, 3.8) is 0 Å². The number of hydrogen-bond acceptors (Lipinski definition) is 1. The molecule has 0 unspecified atom stereocenters. The third kappa shape index (κ3) is 2.48. The van der Waals surface area contributed by atoms with E-state index >= 15 is 0 Å². The summed E-state index contributed by atoms with van der Waals surface area (Å²) < 4.78 is 28.7. The molecular formula is C13H15ClF2N2.